The van der Waals surface area contributed by atoms with Crippen LogP contribution in [0.5, 0.6) is 0 Å². The molecule has 1 saturated heterocycles. The van der Waals surface area contributed by atoms with Crippen molar-refractivity contribution >= 4 is 6.16 Å². The summed E-state index contributed by atoms with van der Waals surface area (Å²) in [6, 6.07) is 0. The maximum Gasteiger partial charge on any atom is 0.508 e. The van der Waals surface area contributed by atoms with Crippen molar-refractivity contribution in [2.24, 2.45) is 0 Å². The molecule has 2 aliphatic rings. The summed E-state index contributed by atoms with van der Waals surface area (Å²) < 4.78 is 20.6. The fourth-order valence-electron chi connectivity index (χ4n) is 1.81. The second-order valence-corrected chi connectivity index (χ2v) is 3.99. The molecule has 15 heavy (non-hydrogen) atoms. The molecule has 84 valence electrons. The van der Waals surface area contributed by atoms with Crippen molar-refractivity contribution in [2.75, 3.05) is 7.11 Å². The van der Waals surface area contributed by atoms with Gasteiger partial charge in [-0.05, 0) is 19.9 Å². The second-order valence-electron chi connectivity index (χ2n) is 3.99. The van der Waals surface area contributed by atoms with Crippen molar-refractivity contribution in [3.8, 4) is 0 Å². The highest BCUT2D eigenvalue weighted by atomic mass is 16.8. The molecule has 5 nitrogen and oxygen atoms in total. The first-order valence-corrected chi connectivity index (χ1v) is 4.80. The minimum absolute atomic E-state index is 0.144. The van der Waals surface area contributed by atoms with Crippen LogP contribution in [0.25, 0.3) is 0 Å². The first-order valence-electron chi connectivity index (χ1n) is 4.80. The summed E-state index contributed by atoms with van der Waals surface area (Å²) in [5.74, 6) is -0.627. The van der Waals surface area contributed by atoms with Gasteiger partial charge < -0.3 is 18.9 Å². The number of carbonyl (C=O) groups excluding carboxylic acids is 1. The van der Waals surface area contributed by atoms with Crippen LogP contribution in [0.4, 0.5) is 4.79 Å². The van der Waals surface area contributed by atoms with Gasteiger partial charge in [-0.25, -0.2) is 4.79 Å². The van der Waals surface area contributed by atoms with Crippen molar-refractivity contribution in [2.45, 2.75) is 37.9 Å². The molecule has 1 aliphatic carbocycles. The van der Waals surface area contributed by atoms with Gasteiger partial charge in [-0.2, -0.15) is 0 Å². The molecule has 5 heteroatoms. The van der Waals surface area contributed by atoms with E-state index in [1.165, 1.54) is 7.11 Å². The maximum absolute atomic E-state index is 10.9. The van der Waals surface area contributed by atoms with Crippen LogP contribution >= 0.6 is 0 Å². The molecular weight excluding hydrogens is 200 g/mol. The van der Waals surface area contributed by atoms with E-state index in [9.17, 15) is 4.79 Å². The molecule has 0 N–H and O–H groups in total. The zero-order chi connectivity index (χ0) is 11.1. The van der Waals surface area contributed by atoms with Gasteiger partial charge in [0.15, 0.2) is 11.9 Å². The lowest BCUT2D eigenvalue weighted by Crippen LogP contribution is -2.32. The summed E-state index contributed by atoms with van der Waals surface area (Å²) in [5.41, 5.74) is 0. The van der Waals surface area contributed by atoms with Crippen molar-refractivity contribution in [3.05, 3.63) is 12.2 Å². The van der Waals surface area contributed by atoms with E-state index < -0.39 is 18.0 Å². The van der Waals surface area contributed by atoms with Crippen LogP contribution in [0.1, 0.15) is 13.8 Å². The topological polar surface area (TPSA) is 54.0 Å². The molecule has 0 aromatic carbocycles. The van der Waals surface area contributed by atoms with Gasteiger partial charge in [0.1, 0.15) is 12.2 Å². The fourth-order valence-corrected chi connectivity index (χ4v) is 1.81. The van der Waals surface area contributed by atoms with Gasteiger partial charge in [-0.1, -0.05) is 6.08 Å². The Morgan fingerprint density at radius 1 is 1.33 bits per heavy atom. The summed E-state index contributed by atoms with van der Waals surface area (Å²) in [6.07, 6.45) is 2.05. The number of ether oxygens (including phenoxy) is 4. The second kappa shape index (κ2) is 3.50. The lowest BCUT2D eigenvalue weighted by molar-refractivity contribution is -0.153. The maximum atomic E-state index is 10.9. The molecule has 3 atom stereocenters. The number of rotatable bonds is 1. The predicted molar refractivity (Wildman–Crippen MR) is 50.2 cm³/mol. The molecule has 0 aromatic rings. The van der Waals surface area contributed by atoms with Gasteiger partial charge in [-0.15, -0.1) is 0 Å². The number of hydrogen-bond acceptors (Lipinski definition) is 5. The fraction of sp³-hybridized carbons (Fsp3) is 0.700. The lowest BCUT2D eigenvalue weighted by Gasteiger charge is -2.20. The van der Waals surface area contributed by atoms with Crippen molar-refractivity contribution < 1.29 is 23.7 Å². The van der Waals surface area contributed by atoms with E-state index in [-0.39, 0.29) is 12.2 Å². The van der Waals surface area contributed by atoms with Crippen LogP contribution in [-0.4, -0.2) is 37.4 Å². The van der Waals surface area contributed by atoms with Crippen LogP contribution in [-0.2, 0) is 18.9 Å². The Kier molecular flexibility index (Phi) is 2.44. The minimum atomic E-state index is -0.710. The Labute approximate surface area is 87.9 Å². The number of methoxy groups -OCH3 is 1. The molecule has 1 fully saturated rings. The normalized spacial score (nSPS) is 36.3. The van der Waals surface area contributed by atoms with Gasteiger partial charge in [0.05, 0.1) is 7.11 Å². The van der Waals surface area contributed by atoms with E-state index >= 15 is 0 Å². The molecule has 0 saturated carbocycles. The smallest absolute Gasteiger partial charge is 0.438 e. The largest absolute Gasteiger partial charge is 0.508 e. The highest BCUT2D eigenvalue weighted by Crippen LogP contribution is 2.35. The Morgan fingerprint density at radius 2 is 2.07 bits per heavy atom. The third-order valence-corrected chi connectivity index (χ3v) is 2.38. The van der Waals surface area contributed by atoms with Gasteiger partial charge >= 0.3 is 6.16 Å². The number of hydrogen-bond donors (Lipinski definition) is 0. The van der Waals surface area contributed by atoms with E-state index in [0.717, 1.165) is 0 Å². The quantitative estimate of drug-likeness (QED) is 0.485. The Morgan fingerprint density at radius 3 is 2.73 bits per heavy atom. The van der Waals surface area contributed by atoms with Crippen LogP contribution in [0.15, 0.2) is 12.2 Å². The van der Waals surface area contributed by atoms with Crippen LogP contribution < -0.4 is 0 Å². The van der Waals surface area contributed by atoms with E-state index in [2.05, 4.69) is 4.74 Å². The molecule has 0 bridgehead atoms. The average molecular weight is 214 g/mol. The molecule has 0 spiro atoms. The Balaban J connectivity index is 2.00. The minimum Gasteiger partial charge on any atom is -0.438 e. The molecule has 0 amide bonds. The van der Waals surface area contributed by atoms with Gasteiger partial charge in [0, 0.05) is 0 Å². The first-order chi connectivity index (χ1) is 7.02. The standard InChI is InChI=1S/C10H14O5/c1-10(2)14-7-5-4-6(8(7)15-10)13-9(11)12-3/h4-8H,1-3H3/t6-,7?,8+/m0/s1. The summed E-state index contributed by atoms with van der Waals surface area (Å²) in [4.78, 5) is 10.9. The molecule has 1 heterocycles. The average Bonchev–Trinajstić information content (AvgIpc) is 2.63. The molecule has 1 aliphatic heterocycles. The third kappa shape index (κ3) is 1.98. The van der Waals surface area contributed by atoms with Crippen LogP contribution in [0.3, 0.4) is 0 Å². The van der Waals surface area contributed by atoms with Crippen molar-refractivity contribution in [3.63, 3.8) is 0 Å². The van der Waals surface area contributed by atoms with Crippen molar-refractivity contribution in [1.82, 2.24) is 0 Å². The van der Waals surface area contributed by atoms with Crippen LogP contribution in [0, 0.1) is 0 Å². The van der Waals surface area contributed by atoms with E-state index in [1.807, 2.05) is 19.9 Å². The SMILES string of the molecule is COC(=O)O[C@H]1C=CC2OC(C)(C)O[C@@H]21. The summed E-state index contributed by atoms with van der Waals surface area (Å²) in [5, 5.41) is 0. The van der Waals surface area contributed by atoms with E-state index in [4.69, 9.17) is 14.2 Å². The van der Waals surface area contributed by atoms with E-state index in [1.54, 1.807) is 6.08 Å². The lowest BCUT2D eigenvalue weighted by atomic mass is 10.2. The van der Waals surface area contributed by atoms with Gasteiger partial charge in [0.2, 0.25) is 0 Å². The third-order valence-electron chi connectivity index (χ3n) is 2.38. The molecule has 1 unspecified atom stereocenters. The predicted octanol–water partition coefficient (Wildman–Crippen LogP) is 1.23. The highest BCUT2D eigenvalue weighted by molar-refractivity contribution is 5.60. The first kappa shape index (κ1) is 10.4. The molecule has 2 rings (SSSR count). The van der Waals surface area contributed by atoms with Gasteiger partial charge in [0.25, 0.3) is 0 Å². The molecule has 0 radical (unpaired) electrons. The van der Waals surface area contributed by atoms with E-state index in [0.29, 0.717) is 0 Å². The monoisotopic (exact) mass is 214 g/mol. The van der Waals surface area contributed by atoms with Crippen molar-refractivity contribution in [1.29, 1.82) is 0 Å². The number of carbonyl (C=O) groups is 1. The zero-order valence-electron chi connectivity index (χ0n) is 8.93. The Bertz CT molecular complexity index is 296. The molecule has 0 aromatic heterocycles. The summed E-state index contributed by atoms with van der Waals surface area (Å²) >= 11 is 0. The summed E-state index contributed by atoms with van der Waals surface area (Å²) in [7, 11) is 1.27. The van der Waals surface area contributed by atoms with Gasteiger partial charge in [-0.3, -0.25) is 0 Å². The Hall–Kier alpha value is -1.07. The summed E-state index contributed by atoms with van der Waals surface area (Å²) in [6.45, 7) is 3.66. The number of fused-ring (bicyclic) bond motifs is 1. The zero-order valence-corrected chi connectivity index (χ0v) is 8.93. The highest BCUT2D eigenvalue weighted by Gasteiger charge is 2.47. The van der Waals surface area contributed by atoms with Crippen LogP contribution in [0.2, 0.25) is 0 Å². The molecular formula is C10H14O5.